The molecule has 19 heavy (non-hydrogen) atoms. The highest BCUT2D eigenvalue weighted by atomic mass is 15.1. The zero-order valence-corrected chi connectivity index (χ0v) is 13.9. The molecule has 4 heteroatoms. The van der Waals surface area contributed by atoms with E-state index in [4.69, 9.17) is 0 Å². The standard InChI is InChI=1S/2C4H6N2.C3H8.2C2H6/c2*1-4-2-5-6-3-4;1-3-2;2*1-2/h2*2-3H,1H3,(H,5,6);3H2,1-2H3;2*1-2H3. The average Bonchev–Trinajstić information content (AvgIpc) is 3.10. The Morgan fingerprint density at radius 2 is 1.05 bits per heavy atom. The number of aryl methyl sites for hydroxylation is 2. The minimum absolute atomic E-state index is 1.18. The Hall–Kier alpha value is -1.58. The zero-order chi connectivity index (χ0) is 15.5. The smallest absolute Gasteiger partial charge is 0.0516 e. The molecule has 2 heterocycles. The van der Waals surface area contributed by atoms with Crippen molar-refractivity contribution in [2.45, 2.75) is 61.8 Å². The lowest BCUT2D eigenvalue weighted by atomic mass is 10.4. The fourth-order valence-corrected chi connectivity index (χ4v) is 0.631. The summed E-state index contributed by atoms with van der Waals surface area (Å²) in [7, 11) is 0. The van der Waals surface area contributed by atoms with Gasteiger partial charge in [0, 0.05) is 12.4 Å². The topological polar surface area (TPSA) is 57.4 Å². The first-order valence-corrected chi connectivity index (χ1v) is 7.11. The van der Waals surface area contributed by atoms with Crippen molar-refractivity contribution >= 4 is 0 Å². The monoisotopic (exact) mass is 268 g/mol. The van der Waals surface area contributed by atoms with E-state index in [9.17, 15) is 0 Å². The Kier molecular flexibility index (Phi) is 25.8. The summed E-state index contributed by atoms with van der Waals surface area (Å²) >= 11 is 0. The summed E-state index contributed by atoms with van der Waals surface area (Å²) in [5, 5.41) is 12.8. The number of nitrogens with zero attached hydrogens (tertiary/aromatic N) is 2. The predicted molar refractivity (Wildman–Crippen MR) is 85.3 cm³/mol. The molecule has 2 N–H and O–H groups in total. The second kappa shape index (κ2) is 21.7. The fourth-order valence-electron chi connectivity index (χ4n) is 0.631. The molecule has 2 aromatic heterocycles. The minimum atomic E-state index is 1.18. The van der Waals surface area contributed by atoms with Gasteiger partial charge in [0.25, 0.3) is 0 Å². The molecule has 0 saturated carbocycles. The molecule has 112 valence electrons. The van der Waals surface area contributed by atoms with Gasteiger partial charge in [-0.25, -0.2) is 0 Å². The van der Waals surface area contributed by atoms with Gasteiger partial charge >= 0.3 is 0 Å². The second-order valence-corrected chi connectivity index (χ2v) is 3.26. The van der Waals surface area contributed by atoms with Crippen LogP contribution in [0.2, 0.25) is 0 Å². The van der Waals surface area contributed by atoms with Gasteiger partial charge in [-0.05, 0) is 25.0 Å². The molecule has 0 aliphatic rings. The largest absolute Gasteiger partial charge is 0.285 e. The van der Waals surface area contributed by atoms with Crippen LogP contribution in [0.25, 0.3) is 0 Å². The zero-order valence-electron chi connectivity index (χ0n) is 13.9. The number of nitrogens with one attached hydrogen (secondary N) is 2. The summed E-state index contributed by atoms with van der Waals surface area (Å²) < 4.78 is 0. The molecule has 0 spiro atoms. The van der Waals surface area contributed by atoms with Gasteiger partial charge in [-0.15, -0.1) is 0 Å². The van der Waals surface area contributed by atoms with E-state index in [0.717, 1.165) is 0 Å². The second-order valence-electron chi connectivity index (χ2n) is 3.26. The van der Waals surface area contributed by atoms with Crippen LogP contribution in [0.15, 0.2) is 24.8 Å². The molecule has 0 radical (unpaired) electrons. The van der Waals surface area contributed by atoms with Crippen molar-refractivity contribution in [3.63, 3.8) is 0 Å². The van der Waals surface area contributed by atoms with E-state index >= 15 is 0 Å². The molecule has 4 nitrogen and oxygen atoms in total. The molecule has 2 rings (SSSR count). The molecular formula is C15H32N4. The van der Waals surface area contributed by atoms with Crippen molar-refractivity contribution in [1.82, 2.24) is 20.4 Å². The molecular weight excluding hydrogens is 236 g/mol. The summed E-state index contributed by atoms with van der Waals surface area (Å²) in [5.74, 6) is 0. The number of aromatic nitrogens is 4. The highest BCUT2D eigenvalue weighted by Crippen LogP contribution is 1.84. The number of aromatic amines is 2. The van der Waals surface area contributed by atoms with Crippen molar-refractivity contribution < 1.29 is 0 Å². The quantitative estimate of drug-likeness (QED) is 0.713. The SMILES string of the molecule is CC.CC.CCC.Cc1cn[nH]c1.Cc1cn[nH]c1. The Morgan fingerprint density at radius 3 is 1.11 bits per heavy atom. The maximum absolute atomic E-state index is 3.70. The van der Waals surface area contributed by atoms with Crippen LogP contribution in [-0.4, -0.2) is 20.4 Å². The Bertz CT molecular complexity index is 267. The molecule has 0 bridgehead atoms. The summed E-state index contributed by atoms with van der Waals surface area (Å²) in [5.41, 5.74) is 2.35. The normalized spacial score (nSPS) is 7.16. The lowest BCUT2D eigenvalue weighted by Gasteiger charge is -1.62. The predicted octanol–water partition coefficient (Wildman–Crippen LogP) is 4.90. The van der Waals surface area contributed by atoms with Crippen molar-refractivity contribution in [3.05, 3.63) is 35.9 Å². The Balaban J connectivity index is -0.000000187. The van der Waals surface area contributed by atoms with Gasteiger partial charge in [0.2, 0.25) is 0 Å². The Labute approximate surface area is 119 Å². The molecule has 0 atom stereocenters. The summed E-state index contributed by atoms with van der Waals surface area (Å²) in [6.07, 6.45) is 8.50. The molecule has 0 aliphatic heterocycles. The summed E-state index contributed by atoms with van der Waals surface area (Å²) in [6.45, 7) is 16.2. The molecule has 0 unspecified atom stereocenters. The lowest BCUT2D eigenvalue weighted by Crippen LogP contribution is -1.53. The van der Waals surface area contributed by atoms with E-state index in [1.165, 1.54) is 17.5 Å². The lowest BCUT2D eigenvalue weighted by molar-refractivity contribution is 1.09. The van der Waals surface area contributed by atoms with Crippen molar-refractivity contribution in [2.75, 3.05) is 0 Å². The number of rotatable bonds is 0. The van der Waals surface area contributed by atoms with Gasteiger partial charge in [-0.3, -0.25) is 10.2 Å². The van der Waals surface area contributed by atoms with Crippen molar-refractivity contribution in [2.24, 2.45) is 0 Å². The van der Waals surface area contributed by atoms with Crippen LogP contribution in [0.4, 0.5) is 0 Å². The van der Waals surface area contributed by atoms with Gasteiger partial charge < -0.3 is 0 Å². The highest BCUT2D eigenvalue weighted by molar-refractivity contribution is 4.97. The molecule has 2 aromatic rings. The third-order valence-electron chi connectivity index (χ3n) is 1.27. The van der Waals surface area contributed by atoms with Crippen LogP contribution in [-0.2, 0) is 0 Å². The third-order valence-corrected chi connectivity index (χ3v) is 1.27. The Morgan fingerprint density at radius 1 is 0.789 bits per heavy atom. The molecule has 0 fully saturated rings. The first kappa shape index (κ1) is 22.6. The van der Waals surface area contributed by atoms with E-state index in [0.29, 0.717) is 0 Å². The van der Waals surface area contributed by atoms with Crippen LogP contribution < -0.4 is 0 Å². The van der Waals surface area contributed by atoms with E-state index in [-0.39, 0.29) is 0 Å². The average molecular weight is 268 g/mol. The highest BCUT2D eigenvalue weighted by Gasteiger charge is 1.75. The molecule has 0 aromatic carbocycles. The van der Waals surface area contributed by atoms with E-state index in [1.54, 1.807) is 12.4 Å². The number of hydrogen-bond acceptors (Lipinski definition) is 2. The van der Waals surface area contributed by atoms with Gasteiger partial charge in [-0.2, -0.15) is 10.2 Å². The van der Waals surface area contributed by atoms with E-state index < -0.39 is 0 Å². The van der Waals surface area contributed by atoms with Crippen LogP contribution in [0.5, 0.6) is 0 Å². The van der Waals surface area contributed by atoms with Gasteiger partial charge in [0.1, 0.15) is 0 Å². The van der Waals surface area contributed by atoms with Crippen LogP contribution in [0.1, 0.15) is 59.1 Å². The van der Waals surface area contributed by atoms with E-state index in [1.807, 2.05) is 53.9 Å². The van der Waals surface area contributed by atoms with Gasteiger partial charge in [0.05, 0.1) is 12.4 Å². The van der Waals surface area contributed by atoms with Crippen molar-refractivity contribution in [3.8, 4) is 0 Å². The maximum atomic E-state index is 3.70. The van der Waals surface area contributed by atoms with Gasteiger partial charge in [-0.1, -0.05) is 48.0 Å². The van der Waals surface area contributed by atoms with Crippen LogP contribution in [0.3, 0.4) is 0 Å². The van der Waals surface area contributed by atoms with Crippen molar-refractivity contribution in [1.29, 1.82) is 0 Å². The third kappa shape index (κ3) is 22.1. The number of hydrogen-bond donors (Lipinski definition) is 2. The molecule has 0 amide bonds. The van der Waals surface area contributed by atoms with E-state index in [2.05, 4.69) is 34.2 Å². The summed E-state index contributed by atoms with van der Waals surface area (Å²) in [4.78, 5) is 0. The first-order valence-electron chi connectivity index (χ1n) is 7.11. The molecule has 0 aliphatic carbocycles. The van der Waals surface area contributed by atoms with Crippen LogP contribution in [0, 0.1) is 13.8 Å². The molecule has 0 saturated heterocycles. The van der Waals surface area contributed by atoms with Gasteiger partial charge in [0.15, 0.2) is 0 Å². The first-order chi connectivity index (χ1) is 9.20. The minimum Gasteiger partial charge on any atom is -0.285 e. The fraction of sp³-hybridized carbons (Fsp3) is 0.600. The maximum Gasteiger partial charge on any atom is 0.0516 e. The number of H-pyrrole nitrogens is 2. The van der Waals surface area contributed by atoms with Crippen LogP contribution >= 0.6 is 0 Å². The summed E-state index contributed by atoms with van der Waals surface area (Å²) in [6, 6.07) is 0.